The Morgan fingerprint density at radius 3 is 2.55 bits per heavy atom. The third kappa shape index (κ3) is 7.27. The first-order valence-electron chi connectivity index (χ1n) is 11.6. The third-order valence-electron chi connectivity index (χ3n) is 5.77. The van der Waals surface area contributed by atoms with Crippen molar-refractivity contribution in [1.29, 1.82) is 0 Å². The van der Waals surface area contributed by atoms with Gasteiger partial charge in [0.2, 0.25) is 6.41 Å². The van der Waals surface area contributed by atoms with Crippen LogP contribution in [0, 0.1) is 11.8 Å². The van der Waals surface area contributed by atoms with Crippen molar-refractivity contribution in [3.8, 4) is 29.0 Å². The number of hydrogen-bond donors (Lipinski definition) is 2. The predicted molar refractivity (Wildman–Crippen MR) is 136 cm³/mol. The lowest BCUT2D eigenvalue weighted by atomic mass is 10.1. The minimum Gasteiger partial charge on any atom is -0.490 e. The van der Waals surface area contributed by atoms with Crippen molar-refractivity contribution in [2.45, 2.75) is 6.18 Å². The molecule has 2 N–H and O–H groups in total. The summed E-state index contributed by atoms with van der Waals surface area (Å²) in [7, 11) is 0. The van der Waals surface area contributed by atoms with Gasteiger partial charge in [0.1, 0.15) is 23.9 Å². The van der Waals surface area contributed by atoms with Gasteiger partial charge in [-0.2, -0.15) is 13.2 Å². The van der Waals surface area contributed by atoms with E-state index in [9.17, 15) is 22.8 Å². The number of anilines is 1. The number of aromatic amines is 1. The van der Waals surface area contributed by atoms with Gasteiger partial charge < -0.3 is 19.9 Å². The molecular formula is C26H23ClF3N5O3. The standard InChI is InChI=1S/C26H23ClF3N5O3/c27-20-5-1-18(2-6-20)3-8-24(37)32-21-15-19(25-31-16-23(33-25)26(28,29)30)4-7-22(21)38-14-13-34-9-11-35(17-36)12-10-34/h1-2,4-7,15-17H,9-14H2,(H,31,33)(H,32,37). The number of piperazine rings is 1. The molecule has 2 aromatic carbocycles. The molecule has 1 aromatic heterocycles. The van der Waals surface area contributed by atoms with Crippen LogP contribution in [-0.2, 0) is 15.8 Å². The third-order valence-corrected chi connectivity index (χ3v) is 6.02. The number of hydrogen-bond acceptors (Lipinski definition) is 5. The number of benzene rings is 2. The second-order valence-corrected chi connectivity index (χ2v) is 8.83. The van der Waals surface area contributed by atoms with Gasteiger partial charge in [0.15, 0.2) is 0 Å². The largest absolute Gasteiger partial charge is 0.490 e. The van der Waals surface area contributed by atoms with Crippen molar-refractivity contribution in [2.75, 3.05) is 44.6 Å². The number of halogens is 4. The molecule has 1 saturated heterocycles. The molecule has 198 valence electrons. The maximum atomic E-state index is 13.0. The van der Waals surface area contributed by atoms with E-state index in [2.05, 4.69) is 32.0 Å². The number of ether oxygens (including phenoxy) is 1. The summed E-state index contributed by atoms with van der Waals surface area (Å²) in [6.45, 7) is 3.57. The highest BCUT2D eigenvalue weighted by Crippen LogP contribution is 2.33. The lowest BCUT2D eigenvalue weighted by Gasteiger charge is -2.32. The predicted octanol–water partition coefficient (Wildman–Crippen LogP) is 3.89. The monoisotopic (exact) mass is 545 g/mol. The molecule has 1 aliphatic rings. The molecule has 1 fully saturated rings. The van der Waals surface area contributed by atoms with Gasteiger partial charge in [-0.05, 0) is 42.5 Å². The Hall–Kier alpha value is -4.01. The molecule has 1 aliphatic heterocycles. The van der Waals surface area contributed by atoms with Gasteiger partial charge in [0, 0.05) is 54.8 Å². The molecule has 12 heteroatoms. The van der Waals surface area contributed by atoms with E-state index in [1.165, 1.54) is 6.07 Å². The van der Waals surface area contributed by atoms with Crippen molar-refractivity contribution in [3.63, 3.8) is 0 Å². The number of H-pyrrole nitrogens is 1. The Labute approximate surface area is 221 Å². The molecule has 2 amide bonds. The Balaban J connectivity index is 1.50. The number of amides is 2. The fourth-order valence-electron chi connectivity index (χ4n) is 3.71. The average Bonchev–Trinajstić information content (AvgIpc) is 3.41. The van der Waals surface area contributed by atoms with Crippen LogP contribution in [0.3, 0.4) is 0 Å². The van der Waals surface area contributed by atoms with Crippen LogP contribution in [0.2, 0.25) is 5.02 Å². The summed E-state index contributed by atoms with van der Waals surface area (Å²) >= 11 is 5.86. The average molecular weight is 546 g/mol. The van der Waals surface area contributed by atoms with Crippen LogP contribution in [0.5, 0.6) is 5.75 Å². The van der Waals surface area contributed by atoms with Gasteiger partial charge in [0.05, 0.1) is 11.9 Å². The van der Waals surface area contributed by atoms with E-state index in [4.69, 9.17) is 16.3 Å². The zero-order chi connectivity index (χ0) is 27.1. The molecule has 38 heavy (non-hydrogen) atoms. The van der Waals surface area contributed by atoms with E-state index in [1.807, 2.05) is 0 Å². The molecule has 2 heterocycles. The van der Waals surface area contributed by atoms with Crippen molar-refractivity contribution in [3.05, 3.63) is 64.9 Å². The number of carbonyl (C=O) groups is 2. The molecule has 8 nitrogen and oxygen atoms in total. The summed E-state index contributed by atoms with van der Waals surface area (Å²) in [5, 5.41) is 3.19. The molecule has 0 bridgehead atoms. The second-order valence-electron chi connectivity index (χ2n) is 8.40. The molecule has 0 spiro atoms. The Kier molecular flexibility index (Phi) is 8.55. The van der Waals surface area contributed by atoms with Crippen LogP contribution in [0.25, 0.3) is 11.4 Å². The normalized spacial score (nSPS) is 13.9. The van der Waals surface area contributed by atoms with Crippen molar-refractivity contribution < 1.29 is 27.5 Å². The summed E-state index contributed by atoms with van der Waals surface area (Å²) in [4.78, 5) is 33.4. The molecule has 0 aliphatic carbocycles. The van der Waals surface area contributed by atoms with Crippen molar-refractivity contribution >= 4 is 29.6 Å². The highest BCUT2D eigenvalue weighted by atomic mass is 35.5. The number of alkyl halides is 3. The van der Waals surface area contributed by atoms with Crippen molar-refractivity contribution in [1.82, 2.24) is 19.8 Å². The summed E-state index contributed by atoms with van der Waals surface area (Å²) in [5.74, 6) is 4.89. The molecule has 4 rings (SSSR count). The van der Waals surface area contributed by atoms with E-state index in [0.29, 0.717) is 67.4 Å². The van der Waals surface area contributed by atoms with Gasteiger partial charge in [0.25, 0.3) is 0 Å². The summed E-state index contributed by atoms with van der Waals surface area (Å²) in [5.41, 5.74) is 0.147. The topological polar surface area (TPSA) is 90.6 Å². The smallest absolute Gasteiger partial charge is 0.432 e. The van der Waals surface area contributed by atoms with E-state index in [1.54, 1.807) is 41.3 Å². The highest BCUT2D eigenvalue weighted by Gasteiger charge is 2.33. The van der Waals surface area contributed by atoms with Crippen molar-refractivity contribution in [2.24, 2.45) is 0 Å². The quantitative estimate of drug-likeness (QED) is 0.347. The number of rotatable bonds is 7. The minimum atomic E-state index is -4.57. The van der Waals surface area contributed by atoms with Crippen LogP contribution in [0.4, 0.5) is 18.9 Å². The molecule has 0 radical (unpaired) electrons. The Bertz CT molecular complexity index is 1340. The first-order valence-corrected chi connectivity index (χ1v) is 12.0. The fourth-order valence-corrected chi connectivity index (χ4v) is 3.83. The molecule has 0 unspecified atom stereocenters. The van der Waals surface area contributed by atoms with E-state index >= 15 is 0 Å². The van der Waals surface area contributed by atoms with Gasteiger partial charge in [-0.3, -0.25) is 14.5 Å². The van der Waals surface area contributed by atoms with Gasteiger partial charge in [-0.25, -0.2) is 4.98 Å². The molecule has 0 saturated carbocycles. The number of imidazole rings is 1. The number of nitrogens with zero attached hydrogens (tertiary/aromatic N) is 3. The van der Waals surface area contributed by atoms with Crippen LogP contribution in [0.1, 0.15) is 11.3 Å². The summed E-state index contributed by atoms with van der Waals surface area (Å²) in [6, 6.07) is 11.2. The summed E-state index contributed by atoms with van der Waals surface area (Å²) in [6.07, 6.45) is -3.03. The zero-order valence-corrected chi connectivity index (χ0v) is 20.8. The zero-order valence-electron chi connectivity index (χ0n) is 20.0. The number of aromatic nitrogens is 2. The van der Waals surface area contributed by atoms with E-state index in [0.717, 1.165) is 6.41 Å². The summed E-state index contributed by atoms with van der Waals surface area (Å²) < 4.78 is 45.0. The Morgan fingerprint density at radius 1 is 1.16 bits per heavy atom. The van der Waals surface area contributed by atoms with Crippen LogP contribution in [-0.4, -0.2) is 71.4 Å². The number of nitrogens with one attached hydrogen (secondary N) is 2. The first kappa shape index (κ1) is 27.0. The Morgan fingerprint density at radius 2 is 1.89 bits per heavy atom. The maximum absolute atomic E-state index is 13.0. The molecule has 3 aromatic rings. The molecular weight excluding hydrogens is 523 g/mol. The lowest BCUT2D eigenvalue weighted by molar-refractivity contribution is -0.140. The van der Waals surface area contributed by atoms with Crippen LogP contribution < -0.4 is 10.1 Å². The first-order chi connectivity index (χ1) is 18.2. The highest BCUT2D eigenvalue weighted by molar-refractivity contribution is 6.30. The lowest BCUT2D eigenvalue weighted by Crippen LogP contribution is -2.46. The van der Waals surface area contributed by atoms with E-state index < -0.39 is 17.8 Å². The fraction of sp³-hybridized carbons (Fsp3) is 0.269. The maximum Gasteiger partial charge on any atom is 0.432 e. The van der Waals surface area contributed by atoms with Crippen LogP contribution in [0.15, 0.2) is 48.7 Å². The minimum absolute atomic E-state index is 0.0142. The van der Waals surface area contributed by atoms with Gasteiger partial charge >= 0.3 is 12.1 Å². The van der Waals surface area contributed by atoms with Gasteiger partial charge in [-0.15, -0.1) is 0 Å². The van der Waals surface area contributed by atoms with E-state index in [-0.39, 0.29) is 11.5 Å². The SMILES string of the molecule is O=CN1CCN(CCOc2ccc(-c3ncc(C(F)(F)F)[nH]3)cc2NC(=O)C#Cc2ccc(Cl)cc2)CC1. The van der Waals surface area contributed by atoms with Gasteiger partial charge in [-0.1, -0.05) is 17.5 Å². The molecule has 0 atom stereocenters. The second kappa shape index (κ2) is 12.0. The van der Waals surface area contributed by atoms with Crippen LogP contribution >= 0.6 is 11.6 Å². The number of carbonyl (C=O) groups excluding carboxylic acids is 2.